The Bertz CT molecular complexity index is 1220. The van der Waals surface area contributed by atoms with Crippen molar-refractivity contribution in [2.75, 3.05) is 0 Å². The van der Waals surface area contributed by atoms with E-state index >= 15 is 0 Å². The Morgan fingerprint density at radius 3 is 2.89 bits per heavy atom. The molecule has 1 aliphatic rings. The van der Waals surface area contributed by atoms with Gasteiger partial charge in [0, 0.05) is 15.8 Å². The second kappa shape index (κ2) is 6.94. The van der Waals surface area contributed by atoms with Gasteiger partial charge in [0.2, 0.25) is 0 Å². The SMILES string of the molecule is Cc1ccc(-c2nc(Cn3cnc4sc5c(c4c3=O)CC[C@@H](C)C5)cs2)cc1. The van der Waals surface area contributed by atoms with E-state index < -0.39 is 0 Å². The molecule has 4 aromatic rings. The molecule has 4 nitrogen and oxygen atoms in total. The Hall–Kier alpha value is -2.31. The number of nitrogens with zero attached hydrogens (tertiary/aromatic N) is 3. The zero-order valence-electron chi connectivity index (χ0n) is 15.9. The second-order valence-electron chi connectivity index (χ2n) is 7.72. The second-order valence-corrected chi connectivity index (χ2v) is 9.66. The summed E-state index contributed by atoms with van der Waals surface area (Å²) < 4.78 is 1.71. The zero-order valence-corrected chi connectivity index (χ0v) is 17.6. The highest BCUT2D eigenvalue weighted by molar-refractivity contribution is 7.18. The van der Waals surface area contributed by atoms with Crippen LogP contribution in [0, 0.1) is 12.8 Å². The predicted octanol–water partition coefficient (Wildman–Crippen LogP) is 5.06. The molecule has 1 aliphatic carbocycles. The summed E-state index contributed by atoms with van der Waals surface area (Å²) >= 11 is 3.31. The predicted molar refractivity (Wildman–Crippen MR) is 116 cm³/mol. The van der Waals surface area contributed by atoms with Crippen LogP contribution in [-0.4, -0.2) is 14.5 Å². The van der Waals surface area contributed by atoms with Gasteiger partial charge in [0.15, 0.2) is 0 Å². The standard InChI is InChI=1S/C22H21N3OS2/c1-13-3-6-15(7-4-13)20-24-16(11-27-20)10-25-12-23-21-19(22(25)26)17-8-5-14(2)9-18(17)28-21/h3-4,6-7,11-12,14H,5,8-10H2,1-2H3/t14-/m1/s1. The van der Waals surface area contributed by atoms with Crippen molar-refractivity contribution in [3.05, 3.63) is 68.0 Å². The minimum atomic E-state index is 0.0712. The Kier molecular flexibility index (Phi) is 4.40. The van der Waals surface area contributed by atoms with Gasteiger partial charge in [0.05, 0.1) is 24.0 Å². The highest BCUT2D eigenvalue weighted by Gasteiger charge is 2.23. The van der Waals surface area contributed by atoms with Crippen molar-refractivity contribution in [3.8, 4) is 10.6 Å². The third kappa shape index (κ3) is 3.10. The molecule has 0 spiro atoms. The number of aromatic nitrogens is 3. The van der Waals surface area contributed by atoms with E-state index in [0.29, 0.717) is 12.5 Å². The van der Waals surface area contributed by atoms with E-state index in [9.17, 15) is 4.79 Å². The van der Waals surface area contributed by atoms with Crippen molar-refractivity contribution in [3.63, 3.8) is 0 Å². The fourth-order valence-corrected chi connectivity index (χ4v) is 6.02. The number of fused-ring (bicyclic) bond motifs is 3. The van der Waals surface area contributed by atoms with Crippen LogP contribution < -0.4 is 5.56 Å². The average molecular weight is 408 g/mol. The monoisotopic (exact) mass is 407 g/mol. The quantitative estimate of drug-likeness (QED) is 0.477. The third-order valence-electron chi connectivity index (χ3n) is 5.46. The molecule has 0 radical (unpaired) electrons. The molecule has 0 amide bonds. The van der Waals surface area contributed by atoms with Gasteiger partial charge in [0.1, 0.15) is 9.84 Å². The van der Waals surface area contributed by atoms with E-state index in [-0.39, 0.29) is 5.56 Å². The van der Waals surface area contributed by atoms with Crippen molar-refractivity contribution in [1.29, 1.82) is 0 Å². The molecule has 0 N–H and O–H groups in total. The first kappa shape index (κ1) is 17.8. The molecule has 5 rings (SSSR count). The van der Waals surface area contributed by atoms with Gasteiger partial charge < -0.3 is 0 Å². The van der Waals surface area contributed by atoms with E-state index in [2.05, 4.69) is 43.1 Å². The van der Waals surface area contributed by atoms with Crippen molar-refractivity contribution in [1.82, 2.24) is 14.5 Å². The van der Waals surface area contributed by atoms with E-state index in [4.69, 9.17) is 4.98 Å². The fourth-order valence-electron chi connectivity index (χ4n) is 3.86. The fraction of sp³-hybridized carbons (Fsp3) is 0.318. The lowest BCUT2D eigenvalue weighted by Crippen LogP contribution is -2.22. The normalized spacial score (nSPS) is 16.4. The molecular weight excluding hydrogens is 386 g/mol. The summed E-state index contributed by atoms with van der Waals surface area (Å²) in [4.78, 5) is 24.8. The van der Waals surface area contributed by atoms with Crippen LogP contribution in [0.4, 0.5) is 0 Å². The summed E-state index contributed by atoms with van der Waals surface area (Å²) in [6.07, 6.45) is 4.90. The van der Waals surface area contributed by atoms with Crippen LogP contribution in [0.15, 0.2) is 40.8 Å². The van der Waals surface area contributed by atoms with Gasteiger partial charge in [-0.05, 0) is 37.7 Å². The van der Waals surface area contributed by atoms with Crippen molar-refractivity contribution >= 4 is 32.9 Å². The number of hydrogen-bond donors (Lipinski definition) is 0. The first-order valence-corrected chi connectivity index (χ1v) is 11.3. The first-order valence-electron chi connectivity index (χ1n) is 9.59. The first-order chi connectivity index (χ1) is 13.6. The molecule has 0 bridgehead atoms. The zero-order chi connectivity index (χ0) is 19.3. The maximum absolute atomic E-state index is 13.2. The van der Waals surface area contributed by atoms with Crippen LogP contribution in [0.25, 0.3) is 20.8 Å². The van der Waals surface area contributed by atoms with Crippen LogP contribution in [0.1, 0.15) is 35.0 Å². The number of hydrogen-bond acceptors (Lipinski definition) is 5. The lowest BCUT2D eigenvalue weighted by molar-refractivity contribution is 0.509. The molecule has 142 valence electrons. The Morgan fingerprint density at radius 1 is 1.25 bits per heavy atom. The average Bonchev–Trinajstić information content (AvgIpc) is 3.29. The Labute approximate surface area is 171 Å². The minimum absolute atomic E-state index is 0.0712. The van der Waals surface area contributed by atoms with Crippen molar-refractivity contribution < 1.29 is 0 Å². The molecule has 0 aliphatic heterocycles. The van der Waals surface area contributed by atoms with Gasteiger partial charge in [-0.3, -0.25) is 9.36 Å². The molecule has 28 heavy (non-hydrogen) atoms. The molecule has 1 atom stereocenters. The number of thiophene rings is 1. The highest BCUT2D eigenvalue weighted by atomic mass is 32.1. The van der Waals surface area contributed by atoms with Gasteiger partial charge in [-0.1, -0.05) is 36.8 Å². The minimum Gasteiger partial charge on any atom is -0.293 e. The molecule has 6 heteroatoms. The van der Waals surface area contributed by atoms with Crippen LogP contribution in [0.3, 0.4) is 0 Å². The maximum atomic E-state index is 13.2. The van der Waals surface area contributed by atoms with E-state index in [1.54, 1.807) is 33.6 Å². The smallest absolute Gasteiger partial charge is 0.262 e. The van der Waals surface area contributed by atoms with Crippen LogP contribution in [-0.2, 0) is 19.4 Å². The van der Waals surface area contributed by atoms with Crippen molar-refractivity contribution in [2.45, 2.75) is 39.7 Å². The number of aryl methyl sites for hydroxylation is 2. The molecule has 0 saturated carbocycles. The van der Waals surface area contributed by atoms with Crippen LogP contribution in [0.2, 0.25) is 0 Å². The molecule has 0 fully saturated rings. The van der Waals surface area contributed by atoms with Gasteiger partial charge in [-0.25, -0.2) is 9.97 Å². The summed E-state index contributed by atoms with van der Waals surface area (Å²) in [6, 6.07) is 8.38. The molecule has 3 aromatic heterocycles. The van der Waals surface area contributed by atoms with Gasteiger partial charge in [-0.2, -0.15) is 0 Å². The van der Waals surface area contributed by atoms with Gasteiger partial charge >= 0.3 is 0 Å². The van der Waals surface area contributed by atoms with Crippen LogP contribution in [0.5, 0.6) is 0 Å². The molecular formula is C22H21N3OS2. The van der Waals surface area contributed by atoms with E-state index in [0.717, 1.165) is 45.7 Å². The summed E-state index contributed by atoms with van der Waals surface area (Å²) in [5, 5.41) is 3.86. The van der Waals surface area contributed by atoms with Gasteiger partial charge in [0.25, 0.3) is 5.56 Å². The molecule has 1 aromatic carbocycles. The number of thiazole rings is 1. The lowest BCUT2D eigenvalue weighted by Gasteiger charge is -2.17. The maximum Gasteiger partial charge on any atom is 0.262 e. The lowest BCUT2D eigenvalue weighted by atomic mass is 9.89. The summed E-state index contributed by atoms with van der Waals surface area (Å²) in [5.41, 5.74) is 4.57. The summed E-state index contributed by atoms with van der Waals surface area (Å²) in [5.74, 6) is 0.693. The van der Waals surface area contributed by atoms with Crippen molar-refractivity contribution in [2.24, 2.45) is 5.92 Å². The third-order valence-corrected chi connectivity index (χ3v) is 7.57. The summed E-state index contributed by atoms with van der Waals surface area (Å²) in [7, 11) is 0. The van der Waals surface area contributed by atoms with E-state index in [1.165, 1.54) is 16.0 Å². The number of rotatable bonds is 3. The van der Waals surface area contributed by atoms with Gasteiger partial charge in [-0.15, -0.1) is 22.7 Å². The summed E-state index contributed by atoms with van der Waals surface area (Å²) in [6.45, 7) is 4.83. The Balaban J connectivity index is 1.48. The highest BCUT2D eigenvalue weighted by Crippen LogP contribution is 2.35. The molecule has 0 saturated heterocycles. The largest absolute Gasteiger partial charge is 0.293 e. The topological polar surface area (TPSA) is 47.8 Å². The number of benzene rings is 1. The van der Waals surface area contributed by atoms with Crippen LogP contribution >= 0.6 is 22.7 Å². The molecule has 0 unspecified atom stereocenters. The Morgan fingerprint density at radius 2 is 2.07 bits per heavy atom. The molecule has 3 heterocycles. The van der Waals surface area contributed by atoms with E-state index in [1.807, 2.05) is 5.38 Å².